The molecule has 0 aromatic heterocycles. The van der Waals surface area contributed by atoms with Crippen molar-refractivity contribution in [3.05, 3.63) is 68.9 Å². The average molecular weight is 421 g/mol. The fraction of sp³-hybridized carbons (Fsp3) is 0.250. The zero-order valence-corrected chi connectivity index (χ0v) is 14.7. The molecule has 4 heteroatoms. The number of benzene rings is 2. The van der Waals surface area contributed by atoms with Crippen LogP contribution in [0, 0.1) is 11.7 Å². The van der Waals surface area contributed by atoms with Gasteiger partial charge >= 0.3 is 0 Å². The van der Waals surface area contributed by atoms with Crippen molar-refractivity contribution < 1.29 is 4.39 Å². The fourth-order valence-corrected chi connectivity index (χ4v) is 3.01. The molecule has 0 saturated carbocycles. The average Bonchev–Trinajstić information content (AvgIpc) is 2.43. The van der Waals surface area contributed by atoms with Crippen LogP contribution in [-0.2, 0) is 12.8 Å². The predicted octanol–water partition coefficient (Wildman–Crippen LogP) is 6.04. The molecule has 0 nitrogen and oxygen atoms in total. The van der Waals surface area contributed by atoms with Crippen LogP contribution in [0.25, 0.3) is 0 Å². The molecule has 0 saturated heterocycles. The first kappa shape index (κ1) is 16.0. The normalized spacial score (nSPS) is 12.4. The highest BCUT2D eigenvalue weighted by Crippen LogP contribution is 2.22. The minimum atomic E-state index is -0.223. The van der Waals surface area contributed by atoms with E-state index in [0.717, 1.165) is 21.8 Å². The van der Waals surface area contributed by atoms with Gasteiger partial charge in [0.2, 0.25) is 0 Å². The van der Waals surface area contributed by atoms with Gasteiger partial charge < -0.3 is 0 Å². The Labute approximate surface area is 140 Å². The minimum Gasteiger partial charge on any atom is -0.207 e. The van der Waals surface area contributed by atoms with Crippen molar-refractivity contribution in [2.75, 3.05) is 5.33 Å². The van der Waals surface area contributed by atoms with Crippen LogP contribution < -0.4 is 0 Å². The number of rotatable bonds is 5. The lowest BCUT2D eigenvalue weighted by Gasteiger charge is -2.15. The summed E-state index contributed by atoms with van der Waals surface area (Å²) in [5, 5.41) is 1.28. The van der Waals surface area contributed by atoms with E-state index < -0.39 is 0 Å². The molecule has 0 N–H and O–H groups in total. The summed E-state index contributed by atoms with van der Waals surface area (Å²) in [4.78, 5) is 0. The molecule has 1 unspecified atom stereocenters. The highest BCUT2D eigenvalue weighted by atomic mass is 79.9. The topological polar surface area (TPSA) is 0 Å². The molecule has 0 fully saturated rings. The van der Waals surface area contributed by atoms with Crippen molar-refractivity contribution in [2.45, 2.75) is 12.8 Å². The molecule has 106 valence electrons. The van der Waals surface area contributed by atoms with E-state index in [9.17, 15) is 4.39 Å². The summed E-state index contributed by atoms with van der Waals surface area (Å²) in [6.45, 7) is 0. The number of hydrogen-bond acceptors (Lipinski definition) is 0. The second kappa shape index (κ2) is 7.58. The molecule has 0 heterocycles. The van der Waals surface area contributed by atoms with Crippen molar-refractivity contribution in [3.8, 4) is 0 Å². The highest BCUT2D eigenvalue weighted by Gasteiger charge is 2.12. The van der Waals surface area contributed by atoms with Gasteiger partial charge in [0, 0.05) is 14.8 Å². The number of hydrogen-bond donors (Lipinski definition) is 0. The van der Waals surface area contributed by atoms with E-state index in [0.29, 0.717) is 17.4 Å². The van der Waals surface area contributed by atoms with Gasteiger partial charge in [0.05, 0.1) is 0 Å². The third-order valence-electron chi connectivity index (χ3n) is 3.18. The molecule has 2 rings (SSSR count). The summed E-state index contributed by atoms with van der Waals surface area (Å²) in [5.74, 6) is 0.131. The molecule has 1 atom stereocenters. The van der Waals surface area contributed by atoms with Gasteiger partial charge in [0.15, 0.2) is 0 Å². The third kappa shape index (κ3) is 4.57. The number of halogens is 4. The Balaban J connectivity index is 2.07. The van der Waals surface area contributed by atoms with Crippen molar-refractivity contribution >= 4 is 43.5 Å². The molecule has 0 radical (unpaired) electrons. The van der Waals surface area contributed by atoms with Gasteiger partial charge in [0.1, 0.15) is 5.82 Å². The lowest BCUT2D eigenvalue weighted by atomic mass is 9.94. The van der Waals surface area contributed by atoms with Crippen LogP contribution in [0.3, 0.4) is 0 Å². The van der Waals surface area contributed by atoms with Crippen molar-refractivity contribution in [1.29, 1.82) is 0 Å². The molecule has 0 bridgehead atoms. The van der Waals surface area contributed by atoms with Gasteiger partial charge in [-0.1, -0.05) is 61.7 Å². The lowest BCUT2D eigenvalue weighted by molar-refractivity contribution is 0.550. The summed E-state index contributed by atoms with van der Waals surface area (Å²) in [6, 6.07) is 13.1. The van der Waals surface area contributed by atoms with E-state index in [-0.39, 0.29) is 5.82 Å². The first-order valence-corrected chi connectivity index (χ1v) is 8.62. The molecule has 0 amide bonds. The lowest BCUT2D eigenvalue weighted by Crippen LogP contribution is -2.11. The van der Waals surface area contributed by atoms with Crippen LogP contribution in [0.15, 0.2) is 46.9 Å². The standard InChI is InChI=1S/C16H14Br2ClF/c17-10-12(7-11-1-4-14(18)5-2-11)8-13-3-6-15(19)9-16(13)20/h1-6,9,12H,7-8,10H2. The quantitative estimate of drug-likeness (QED) is 0.518. The summed E-state index contributed by atoms with van der Waals surface area (Å²) in [5.41, 5.74) is 1.97. The van der Waals surface area contributed by atoms with E-state index >= 15 is 0 Å². The zero-order chi connectivity index (χ0) is 14.5. The Morgan fingerprint density at radius 3 is 2.35 bits per heavy atom. The van der Waals surface area contributed by atoms with Crippen LogP contribution >= 0.6 is 43.5 Å². The Hall–Kier alpha value is -0.380. The summed E-state index contributed by atoms with van der Waals surface area (Å²) in [6.07, 6.45) is 1.62. The van der Waals surface area contributed by atoms with Gasteiger partial charge in [-0.05, 0) is 54.2 Å². The largest absolute Gasteiger partial charge is 0.207 e. The van der Waals surface area contributed by atoms with E-state index in [4.69, 9.17) is 11.6 Å². The molecule has 2 aromatic rings. The first-order chi connectivity index (χ1) is 9.58. The molecule has 0 spiro atoms. The minimum absolute atomic E-state index is 0.223. The Bertz CT molecular complexity index is 569. The molecule has 0 aliphatic heterocycles. The number of alkyl halides is 1. The van der Waals surface area contributed by atoms with E-state index in [1.807, 2.05) is 12.1 Å². The smallest absolute Gasteiger partial charge is 0.127 e. The molecule has 20 heavy (non-hydrogen) atoms. The maximum atomic E-state index is 13.8. The van der Waals surface area contributed by atoms with Gasteiger partial charge in [-0.25, -0.2) is 4.39 Å². The van der Waals surface area contributed by atoms with Crippen molar-refractivity contribution in [2.24, 2.45) is 5.92 Å². The summed E-state index contributed by atoms with van der Waals surface area (Å²) in [7, 11) is 0. The van der Waals surface area contributed by atoms with Crippen molar-refractivity contribution in [3.63, 3.8) is 0 Å². The Morgan fingerprint density at radius 2 is 1.75 bits per heavy atom. The molecule has 0 aliphatic rings. The Kier molecular flexibility index (Phi) is 6.06. The molecule has 0 aliphatic carbocycles. The highest BCUT2D eigenvalue weighted by molar-refractivity contribution is 9.10. The molecular formula is C16H14Br2ClF. The monoisotopic (exact) mass is 418 g/mol. The van der Waals surface area contributed by atoms with Crippen LogP contribution in [-0.4, -0.2) is 5.33 Å². The molecule has 2 aromatic carbocycles. The van der Waals surface area contributed by atoms with Gasteiger partial charge in [-0.2, -0.15) is 0 Å². The van der Waals surface area contributed by atoms with Crippen molar-refractivity contribution in [1.82, 2.24) is 0 Å². The summed E-state index contributed by atoms with van der Waals surface area (Å²) >= 11 is 12.7. The zero-order valence-electron chi connectivity index (χ0n) is 10.8. The van der Waals surface area contributed by atoms with E-state index in [1.54, 1.807) is 12.1 Å². The fourth-order valence-electron chi connectivity index (χ4n) is 2.13. The van der Waals surface area contributed by atoms with E-state index in [1.165, 1.54) is 11.6 Å². The predicted molar refractivity (Wildman–Crippen MR) is 90.2 cm³/mol. The van der Waals surface area contributed by atoms with Crippen LogP contribution in [0.2, 0.25) is 5.02 Å². The second-order valence-corrected chi connectivity index (χ2v) is 6.79. The van der Waals surface area contributed by atoms with Crippen LogP contribution in [0.5, 0.6) is 0 Å². The van der Waals surface area contributed by atoms with Crippen LogP contribution in [0.1, 0.15) is 11.1 Å². The maximum absolute atomic E-state index is 13.8. The second-order valence-electron chi connectivity index (χ2n) is 4.79. The first-order valence-electron chi connectivity index (χ1n) is 6.33. The SMILES string of the molecule is Fc1cc(Cl)ccc1CC(CBr)Cc1ccc(Br)cc1. The van der Waals surface area contributed by atoms with Gasteiger partial charge in [-0.15, -0.1) is 0 Å². The summed E-state index contributed by atoms with van der Waals surface area (Å²) < 4.78 is 14.9. The Morgan fingerprint density at radius 1 is 1.05 bits per heavy atom. The molecular weight excluding hydrogens is 406 g/mol. The van der Waals surface area contributed by atoms with E-state index in [2.05, 4.69) is 44.0 Å². The van der Waals surface area contributed by atoms with Gasteiger partial charge in [-0.3, -0.25) is 0 Å². The van der Waals surface area contributed by atoms with Gasteiger partial charge in [0.25, 0.3) is 0 Å². The van der Waals surface area contributed by atoms with Crippen LogP contribution in [0.4, 0.5) is 4.39 Å². The third-order valence-corrected chi connectivity index (χ3v) is 4.86. The maximum Gasteiger partial charge on any atom is 0.127 e.